The highest BCUT2D eigenvalue weighted by Crippen LogP contribution is 2.44. The maximum atomic E-state index is 11.6. The van der Waals surface area contributed by atoms with E-state index in [-0.39, 0.29) is 5.41 Å². The van der Waals surface area contributed by atoms with Gasteiger partial charge in [0.25, 0.3) is 0 Å². The summed E-state index contributed by atoms with van der Waals surface area (Å²) in [6.45, 7) is 4.37. The van der Waals surface area contributed by atoms with Gasteiger partial charge in [0.05, 0.1) is 0 Å². The predicted octanol–water partition coefficient (Wildman–Crippen LogP) is 6.56. The zero-order valence-corrected chi connectivity index (χ0v) is 15.6. The van der Waals surface area contributed by atoms with Crippen LogP contribution >= 0.6 is 0 Å². The SMILES string of the molecule is CCCC1(C=O)CCC(c2ccc(-c3ccc(CC)cc3)cc2)CC1. The molecule has 0 N–H and O–H groups in total. The molecule has 1 saturated carbocycles. The Bertz CT molecular complexity index is 673. The Hall–Kier alpha value is -1.89. The molecule has 0 bridgehead atoms. The van der Waals surface area contributed by atoms with Crippen molar-refractivity contribution in [2.24, 2.45) is 5.41 Å². The molecule has 0 spiro atoms. The van der Waals surface area contributed by atoms with Crippen molar-refractivity contribution in [1.29, 1.82) is 0 Å². The van der Waals surface area contributed by atoms with E-state index in [9.17, 15) is 4.79 Å². The molecule has 0 aromatic heterocycles. The van der Waals surface area contributed by atoms with Crippen LogP contribution in [0.25, 0.3) is 11.1 Å². The zero-order chi connectivity index (χ0) is 17.7. The number of hydrogen-bond donors (Lipinski definition) is 0. The molecular formula is C24H30O. The Morgan fingerprint density at radius 3 is 1.96 bits per heavy atom. The van der Waals surface area contributed by atoms with Crippen LogP contribution in [0.5, 0.6) is 0 Å². The number of carbonyl (C=O) groups is 1. The van der Waals surface area contributed by atoms with E-state index in [1.807, 2.05) is 0 Å². The third-order valence-corrected chi connectivity index (χ3v) is 6.06. The number of aryl methyl sites for hydroxylation is 1. The molecule has 2 aromatic carbocycles. The van der Waals surface area contributed by atoms with E-state index in [1.165, 1.54) is 28.5 Å². The maximum absolute atomic E-state index is 11.6. The Kier molecular flexibility index (Phi) is 5.73. The van der Waals surface area contributed by atoms with Crippen molar-refractivity contribution in [3.05, 3.63) is 59.7 Å². The molecule has 0 amide bonds. The summed E-state index contributed by atoms with van der Waals surface area (Å²) in [5, 5.41) is 0. The molecule has 1 aliphatic carbocycles. The fraction of sp³-hybridized carbons (Fsp3) is 0.458. The van der Waals surface area contributed by atoms with Crippen LogP contribution < -0.4 is 0 Å². The molecule has 0 atom stereocenters. The van der Waals surface area contributed by atoms with Gasteiger partial charge in [0, 0.05) is 5.41 Å². The van der Waals surface area contributed by atoms with Gasteiger partial charge >= 0.3 is 0 Å². The highest BCUT2D eigenvalue weighted by atomic mass is 16.1. The maximum Gasteiger partial charge on any atom is 0.126 e. The molecule has 1 fully saturated rings. The lowest BCUT2D eigenvalue weighted by atomic mass is 9.68. The Morgan fingerprint density at radius 1 is 0.920 bits per heavy atom. The average molecular weight is 335 g/mol. The molecular weight excluding hydrogens is 304 g/mol. The van der Waals surface area contributed by atoms with Crippen LogP contribution in [0.2, 0.25) is 0 Å². The van der Waals surface area contributed by atoms with Crippen molar-refractivity contribution in [3.8, 4) is 11.1 Å². The molecule has 2 aromatic rings. The molecule has 25 heavy (non-hydrogen) atoms. The molecule has 0 unspecified atom stereocenters. The first-order valence-corrected chi connectivity index (χ1v) is 9.85. The zero-order valence-electron chi connectivity index (χ0n) is 15.6. The number of hydrogen-bond acceptors (Lipinski definition) is 1. The van der Waals surface area contributed by atoms with Gasteiger partial charge in [-0.2, -0.15) is 0 Å². The van der Waals surface area contributed by atoms with Gasteiger partial charge < -0.3 is 4.79 Å². The summed E-state index contributed by atoms with van der Waals surface area (Å²) in [5.41, 5.74) is 5.36. The van der Waals surface area contributed by atoms with Crippen molar-refractivity contribution in [2.75, 3.05) is 0 Å². The van der Waals surface area contributed by atoms with Gasteiger partial charge in [-0.05, 0) is 66.7 Å². The lowest BCUT2D eigenvalue weighted by Gasteiger charge is -2.36. The topological polar surface area (TPSA) is 17.1 Å². The van der Waals surface area contributed by atoms with Crippen molar-refractivity contribution in [3.63, 3.8) is 0 Å². The summed E-state index contributed by atoms with van der Waals surface area (Å²) in [4.78, 5) is 11.6. The van der Waals surface area contributed by atoms with E-state index in [1.54, 1.807) is 0 Å². The van der Waals surface area contributed by atoms with Gasteiger partial charge in [0.2, 0.25) is 0 Å². The average Bonchev–Trinajstić information content (AvgIpc) is 2.69. The van der Waals surface area contributed by atoms with Gasteiger partial charge in [-0.3, -0.25) is 0 Å². The predicted molar refractivity (Wildman–Crippen MR) is 106 cm³/mol. The molecule has 1 aliphatic rings. The summed E-state index contributed by atoms with van der Waals surface area (Å²) in [7, 11) is 0. The van der Waals surface area contributed by atoms with E-state index in [2.05, 4.69) is 62.4 Å². The third-order valence-electron chi connectivity index (χ3n) is 6.06. The van der Waals surface area contributed by atoms with Gasteiger partial charge in [0.15, 0.2) is 0 Å². The summed E-state index contributed by atoms with van der Waals surface area (Å²) in [5.74, 6) is 0.612. The number of benzene rings is 2. The minimum absolute atomic E-state index is 0.0355. The van der Waals surface area contributed by atoms with E-state index < -0.39 is 0 Å². The highest BCUT2D eigenvalue weighted by molar-refractivity contribution is 5.64. The minimum atomic E-state index is -0.0355. The van der Waals surface area contributed by atoms with Gasteiger partial charge in [-0.25, -0.2) is 0 Å². The Morgan fingerprint density at radius 2 is 1.48 bits per heavy atom. The molecule has 132 valence electrons. The number of rotatable bonds is 6. The Balaban J connectivity index is 1.67. The second-order valence-electron chi connectivity index (χ2n) is 7.68. The lowest BCUT2D eigenvalue weighted by molar-refractivity contribution is -0.118. The van der Waals surface area contributed by atoms with E-state index in [0.717, 1.165) is 44.9 Å². The van der Waals surface area contributed by atoms with Gasteiger partial charge in [-0.15, -0.1) is 0 Å². The van der Waals surface area contributed by atoms with Gasteiger partial charge in [-0.1, -0.05) is 68.8 Å². The second-order valence-corrected chi connectivity index (χ2v) is 7.68. The molecule has 0 radical (unpaired) electrons. The summed E-state index contributed by atoms with van der Waals surface area (Å²) < 4.78 is 0. The van der Waals surface area contributed by atoms with Crippen LogP contribution in [-0.4, -0.2) is 6.29 Å². The van der Waals surface area contributed by atoms with Crippen LogP contribution in [0, 0.1) is 5.41 Å². The largest absolute Gasteiger partial charge is 0.303 e. The second kappa shape index (κ2) is 7.99. The fourth-order valence-corrected chi connectivity index (χ4v) is 4.33. The van der Waals surface area contributed by atoms with Gasteiger partial charge in [0.1, 0.15) is 6.29 Å². The normalized spacial score (nSPS) is 23.4. The standard InChI is InChI=1S/C24H30O/c1-3-15-24(18-25)16-13-23(14-17-24)22-11-9-21(10-12-22)20-7-5-19(4-2)6-8-20/h5-12,18,23H,3-4,13-17H2,1-2H3. The first-order valence-electron chi connectivity index (χ1n) is 9.85. The monoisotopic (exact) mass is 334 g/mol. The quantitative estimate of drug-likeness (QED) is 0.547. The Labute approximate surface area is 152 Å². The minimum Gasteiger partial charge on any atom is -0.303 e. The van der Waals surface area contributed by atoms with Crippen LogP contribution in [0.3, 0.4) is 0 Å². The summed E-state index contributed by atoms with van der Waals surface area (Å²) >= 11 is 0. The summed E-state index contributed by atoms with van der Waals surface area (Å²) in [6, 6.07) is 18.0. The van der Waals surface area contributed by atoms with Crippen LogP contribution in [0.4, 0.5) is 0 Å². The fourth-order valence-electron chi connectivity index (χ4n) is 4.33. The molecule has 0 aliphatic heterocycles. The molecule has 1 heteroatoms. The van der Waals surface area contributed by atoms with Crippen LogP contribution in [0.15, 0.2) is 48.5 Å². The van der Waals surface area contributed by atoms with Crippen molar-refractivity contribution >= 4 is 6.29 Å². The highest BCUT2D eigenvalue weighted by Gasteiger charge is 2.34. The van der Waals surface area contributed by atoms with Crippen molar-refractivity contribution in [2.45, 2.75) is 64.7 Å². The molecule has 0 saturated heterocycles. The van der Waals surface area contributed by atoms with E-state index in [4.69, 9.17) is 0 Å². The molecule has 0 heterocycles. The smallest absolute Gasteiger partial charge is 0.126 e. The van der Waals surface area contributed by atoms with Crippen molar-refractivity contribution < 1.29 is 4.79 Å². The van der Waals surface area contributed by atoms with E-state index in [0.29, 0.717) is 5.92 Å². The first-order chi connectivity index (χ1) is 12.2. The van der Waals surface area contributed by atoms with Crippen molar-refractivity contribution in [1.82, 2.24) is 0 Å². The van der Waals surface area contributed by atoms with Crippen LogP contribution in [-0.2, 0) is 11.2 Å². The first kappa shape index (κ1) is 17.9. The lowest BCUT2D eigenvalue weighted by Crippen LogP contribution is -2.28. The number of carbonyl (C=O) groups excluding carboxylic acids is 1. The molecule has 1 nitrogen and oxygen atoms in total. The van der Waals surface area contributed by atoms with Crippen LogP contribution in [0.1, 0.15) is 69.4 Å². The summed E-state index contributed by atoms with van der Waals surface area (Å²) in [6.07, 6.45) is 8.87. The van der Waals surface area contributed by atoms with E-state index >= 15 is 0 Å². The molecule has 3 rings (SSSR count). The number of aldehydes is 1. The third kappa shape index (κ3) is 4.03.